The third-order valence-corrected chi connectivity index (χ3v) is 8.91. The van der Waals surface area contributed by atoms with Gasteiger partial charge in [0, 0.05) is 10.4 Å². The number of aromatic nitrogens is 3. The molecule has 0 spiro atoms. The second-order valence-electron chi connectivity index (χ2n) is 10.9. The largest absolute Gasteiger partial charge is 2.00 e. The fourth-order valence-corrected chi connectivity index (χ4v) is 6.34. The topological polar surface area (TPSA) is 102 Å². The summed E-state index contributed by atoms with van der Waals surface area (Å²) in [5, 5.41) is 6.69. The zero-order valence-electron chi connectivity index (χ0n) is 24.4. The van der Waals surface area contributed by atoms with Crippen LogP contribution in [0.5, 0.6) is 0 Å². The molecule has 0 amide bonds. The van der Waals surface area contributed by atoms with Gasteiger partial charge in [0.2, 0.25) is 5.92 Å². The number of carbonyl (C=O) groups excluding carboxylic acids is 3. The minimum atomic E-state index is -1.14. The summed E-state index contributed by atoms with van der Waals surface area (Å²) in [6.07, 6.45) is 8.59. The molecule has 5 heterocycles. The van der Waals surface area contributed by atoms with Crippen molar-refractivity contribution in [2.75, 3.05) is 0 Å². The van der Waals surface area contributed by atoms with Crippen molar-refractivity contribution in [1.82, 2.24) is 15.0 Å². The van der Waals surface area contributed by atoms with Crippen LogP contribution in [0.15, 0.2) is 18.0 Å². The van der Waals surface area contributed by atoms with Crippen LogP contribution < -0.4 is 25.7 Å². The molecule has 0 unspecified atom stereocenters. The quantitative estimate of drug-likeness (QED) is 0.280. The van der Waals surface area contributed by atoms with Crippen molar-refractivity contribution in [3.8, 4) is 0 Å². The second kappa shape index (κ2) is 10.3. The van der Waals surface area contributed by atoms with E-state index in [9.17, 15) is 9.59 Å². The third kappa shape index (κ3) is 4.10. The molecule has 0 aromatic carbocycles. The Kier molecular flexibility index (Phi) is 7.28. The van der Waals surface area contributed by atoms with Gasteiger partial charge in [-0.2, -0.15) is 11.4 Å². The Morgan fingerprint density at radius 1 is 0.951 bits per heavy atom. The van der Waals surface area contributed by atoms with Crippen LogP contribution in [0, 0.1) is 38.5 Å². The van der Waals surface area contributed by atoms with E-state index in [1.165, 1.54) is 0 Å². The van der Waals surface area contributed by atoms with Gasteiger partial charge in [0.05, 0.1) is 0 Å². The molecule has 8 heteroatoms. The monoisotopic (exact) mass is 555 g/mol. The molecular formula is C33H31MgN4O3-. The Labute approximate surface area is 255 Å². The van der Waals surface area contributed by atoms with E-state index in [1.54, 1.807) is 0 Å². The second-order valence-corrected chi connectivity index (χ2v) is 10.9. The molecule has 204 valence electrons. The van der Waals surface area contributed by atoms with Crippen LogP contribution in [0.25, 0.3) is 35.2 Å². The van der Waals surface area contributed by atoms with E-state index in [0.717, 1.165) is 62.0 Å². The molecule has 41 heavy (non-hydrogen) atoms. The summed E-state index contributed by atoms with van der Waals surface area (Å²) in [6.45, 7) is 19.6. The smallest absolute Gasteiger partial charge is 0.664 e. The van der Waals surface area contributed by atoms with E-state index in [4.69, 9.17) is 24.7 Å². The minimum absolute atomic E-state index is 0. The standard InChI is InChI=1S/C33H32N4O3.Mg/c1-9-19-16(5)22-11-21-14(3)15(4)30(36-21)28-29(33(39)40-8)32(38)27-18(7)24(37-31(27)28)13-26-20(10-2)17(6)23(35-26)12-25(19)34-22;/h9,11-15,29H,1,8,10H2,2-7H3,(H-,36,37,38);/q-2;+2/p-1/b21-11-,23-12-,26-13-;/t14-,15-,29+;/m0./s1. The van der Waals surface area contributed by atoms with Gasteiger partial charge >= 0.3 is 29.0 Å². The maximum atomic E-state index is 13.8. The van der Waals surface area contributed by atoms with Gasteiger partial charge in [-0.25, -0.2) is 0 Å². The van der Waals surface area contributed by atoms with Gasteiger partial charge in [-0.3, -0.25) is 9.22 Å². The summed E-state index contributed by atoms with van der Waals surface area (Å²) in [5.41, 5.74) is 10.1. The fraction of sp³-hybridized carbons (Fsp3) is 0.303. The Morgan fingerprint density at radius 2 is 1.63 bits per heavy atom. The maximum Gasteiger partial charge on any atom is 2.00 e. The third-order valence-electron chi connectivity index (χ3n) is 8.91. The normalized spacial score (nSPS) is 25.3. The Morgan fingerprint density at radius 3 is 2.29 bits per heavy atom. The molecule has 3 aromatic rings. The van der Waals surface area contributed by atoms with Crippen LogP contribution in [-0.2, 0) is 15.6 Å². The fourth-order valence-electron chi connectivity index (χ4n) is 6.34. The first-order chi connectivity index (χ1) is 19.1. The Hall–Kier alpha value is -3.62. The molecule has 3 aliphatic rings. The Bertz CT molecular complexity index is 1860. The summed E-state index contributed by atoms with van der Waals surface area (Å²) < 4.78 is 4.86. The first-order valence-electron chi connectivity index (χ1n) is 13.6. The van der Waals surface area contributed by atoms with Gasteiger partial charge < -0.3 is 20.3 Å². The number of Topliss-reactive ketones (excluding diaryl/α,β-unsaturated/α-hetero) is 1. The van der Waals surface area contributed by atoms with E-state index in [-0.39, 0.29) is 40.7 Å². The summed E-state index contributed by atoms with van der Waals surface area (Å²) in [7, 11) is 0. The molecule has 0 saturated carbocycles. The average molecular weight is 556 g/mol. The predicted molar refractivity (Wildman–Crippen MR) is 162 cm³/mol. The number of hydrogen-bond acceptors (Lipinski definition) is 2. The van der Waals surface area contributed by atoms with E-state index in [0.29, 0.717) is 28.2 Å². The molecule has 2 aliphatic heterocycles. The maximum absolute atomic E-state index is 13.8. The first-order valence-corrected chi connectivity index (χ1v) is 13.6. The number of fused-ring (bicyclic) bond motifs is 7. The molecule has 1 saturated heterocycles. The van der Waals surface area contributed by atoms with Crippen LogP contribution in [-0.4, -0.2) is 41.6 Å². The molecule has 7 nitrogen and oxygen atoms in total. The van der Waals surface area contributed by atoms with Crippen molar-refractivity contribution >= 4 is 71.5 Å². The zero-order chi connectivity index (χ0) is 28.6. The summed E-state index contributed by atoms with van der Waals surface area (Å²) in [4.78, 5) is 41.6. The number of hydrogen-bond donors (Lipinski definition) is 0. The number of allylic oxidation sites excluding steroid dienone is 2. The SMILES string of the molecule is C=Cc1c2[n-]c(c1C)/C=C1\[N-]/C(=C3\c4[n-]c(c(C)c4C(=O)[C@@H]3C(=O)[O+]=C)/C=c3\[n-]/c(c(C)c3CC)=C\2)[C@@H](C)[C@@H]1C.[Mg+2]. The van der Waals surface area contributed by atoms with Crippen LogP contribution in [0.1, 0.15) is 81.7 Å². The molecule has 3 atom stereocenters. The van der Waals surface area contributed by atoms with Crippen molar-refractivity contribution in [3.63, 3.8) is 0 Å². The molecule has 6 rings (SSSR count). The number of nitrogens with zero attached hydrogens (tertiary/aromatic N) is 4. The zero-order valence-corrected chi connectivity index (χ0v) is 25.8. The van der Waals surface area contributed by atoms with Crippen LogP contribution in [0.4, 0.5) is 0 Å². The molecule has 0 N–H and O–H groups in total. The molecule has 1 aliphatic carbocycles. The Balaban J connectivity index is 0.00000337. The molecular weight excluding hydrogens is 525 g/mol. The summed E-state index contributed by atoms with van der Waals surface area (Å²) in [6, 6.07) is 0. The van der Waals surface area contributed by atoms with E-state index >= 15 is 0 Å². The molecule has 0 radical (unpaired) electrons. The first kappa shape index (κ1) is 28.9. The van der Waals surface area contributed by atoms with Crippen LogP contribution in [0.2, 0.25) is 0 Å². The van der Waals surface area contributed by atoms with Crippen LogP contribution in [0.3, 0.4) is 0 Å². The summed E-state index contributed by atoms with van der Waals surface area (Å²) in [5.74, 6) is -2.20. The van der Waals surface area contributed by atoms with Crippen molar-refractivity contribution in [2.24, 2.45) is 17.8 Å². The van der Waals surface area contributed by atoms with Crippen molar-refractivity contribution < 1.29 is 14.0 Å². The average Bonchev–Trinajstić information content (AvgIpc) is 3.66. The van der Waals surface area contributed by atoms with E-state index in [1.807, 2.05) is 38.2 Å². The number of ketones is 1. The number of carbonyl (C=O) groups is 2. The van der Waals surface area contributed by atoms with E-state index in [2.05, 4.69) is 41.1 Å². The van der Waals surface area contributed by atoms with Gasteiger partial charge in [0.1, 0.15) is 0 Å². The van der Waals surface area contributed by atoms with Gasteiger partial charge in [0.15, 0.2) is 12.6 Å². The van der Waals surface area contributed by atoms with Crippen LogP contribution >= 0.6 is 0 Å². The van der Waals surface area contributed by atoms with Gasteiger partial charge in [-0.05, 0) is 44.6 Å². The molecule has 3 aromatic heterocycles. The van der Waals surface area contributed by atoms with Gasteiger partial charge in [-0.15, -0.1) is 33.5 Å². The van der Waals surface area contributed by atoms with Gasteiger partial charge in [0.25, 0.3) is 0 Å². The van der Waals surface area contributed by atoms with Gasteiger partial charge in [-0.1, -0.05) is 79.5 Å². The predicted octanol–water partition coefficient (Wildman–Crippen LogP) is 3.39. The van der Waals surface area contributed by atoms with Crippen molar-refractivity contribution in [2.45, 2.75) is 48.0 Å². The van der Waals surface area contributed by atoms with Crippen molar-refractivity contribution in [1.29, 1.82) is 0 Å². The minimum Gasteiger partial charge on any atom is -0.664 e. The molecule has 1 fully saturated rings. The number of rotatable bonds is 3. The molecule has 8 bridgehead atoms. The van der Waals surface area contributed by atoms with E-state index < -0.39 is 11.9 Å². The van der Waals surface area contributed by atoms with Crippen molar-refractivity contribution in [3.05, 3.63) is 90.1 Å². The summed E-state index contributed by atoms with van der Waals surface area (Å²) >= 11 is 0.